The van der Waals surface area contributed by atoms with Crippen LogP contribution in [0.25, 0.3) is 0 Å². The first-order valence-electron chi connectivity index (χ1n) is 4.44. The Morgan fingerprint density at radius 2 is 1.81 bits per heavy atom. The Kier molecular flexibility index (Phi) is 2.28. The molecule has 0 N–H and O–H groups in total. The van der Waals surface area contributed by atoms with Gasteiger partial charge in [0.05, 0.1) is 18.7 Å². The zero-order chi connectivity index (χ0) is 12.0. The Hall–Kier alpha value is -1.40. The smallest absolute Gasteiger partial charge is 0.344 e. The molecule has 7 heteroatoms. The molecule has 0 radical (unpaired) electrons. The van der Waals surface area contributed by atoms with Gasteiger partial charge in [-0.15, -0.1) is 0 Å². The first-order valence-corrected chi connectivity index (χ1v) is 4.44. The summed E-state index contributed by atoms with van der Waals surface area (Å²) in [6, 6.07) is 1.93. The molecule has 16 heavy (non-hydrogen) atoms. The lowest BCUT2D eigenvalue weighted by molar-refractivity contribution is -0.137. The summed E-state index contributed by atoms with van der Waals surface area (Å²) in [6.07, 6.45) is -3.81. The van der Waals surface area contributed by atoms with E-state index in [9.17, 15) is 22.0 Å². The molecule has 0 atom stereocenters. The number of alkyl halides is 5. The molecule has 0 unspecified atom stereocenters. The van der Waals surface area contributed by atoms with Crippen LogP contribution in [0.1, 0.15) is 5.56 Å². The average Bonchev–Trinajstić information content (AvgIpc) is 2.13. The lowest BCUT2D eigenvalue weighted by atomic mass is 10.1. The van der Waals surface area contributed by atoms with Crippen LogP contribution in [0.5, 0.6) is 0 Å². The monoisotopic (exact) mass is 238 g/mol. The molecule has 1 saturated heterocycles. The number of aromatic nitrogens is 1. The molecule has 2 heterocycles. The van der Waals surface area contributed by atoms with Gasteiger partial charge in [0.15, 0.2) is 0 Å². The van der Waals surface area contributed by atoms with Gasteiger partial charge >= 0.3 is 6.18 Å². The van der Waals surface area contributed by atoms with Gasteiger partial charge in [-0.25, -0.2) is 13.8 Å². The maximum atomic E-state index is 12.5. The molecule has 0 amide bonds. The fraction of sp³-hybridized carbons (Fsp3) is 0.444. The van der Waals surface area contributed by atoms with Gasteiger partial charge in [0, 0.05) is 6.20 Å². The third kappa shape index (κ3) is 2.07. The Morgan fingerprint density at radius 1 is 1.19 bits per heavy atom. The van der Waals surface area contributed by atoms with Crippen LogP contribution < -0.4 is 4.90 Å². The summed E-state index contributed by atoms with van der Waals surface area (Å²) >= 11 is 0. The number of pyridine rings is 1. The first-order chi connectivity index (χ1) is 7.28. The Bertz CT molecular complexity index is 376. The van der Waals surface area contributed by atoms with Crippen LogP contribution in [-0.4, -0.2) is 24.0 Å². The van der Waals surface area contributed by atoms with Crippen molar-refractivity contribution in [2.24, 2.45) is 0 Å². The summed E-state index contributed by atoms with van der Waals surface area (Å²) < 4.78 is 61.5. The summed E-state index contributed by atoms with van der Waals surface area (Å²) in [5.41, 5.74) is -0.886. The van der Waals surface area contributed by atoms with Gasteiger partial charge in [-0.2, -0.15) is 13.2 Å². The number of hydrogen-bond acceptors (Lipinski definition) is 2. The van der Waals surface area contributed by atoms with E-state index < -0.39 is 30.8 Å². The maximum absolute atomic E-state index is 12.5. The predicted molar refractivity (Wildman–Crippen MR) is 46.4 cm³/mol. The summed E-state index contributed by atoms with van der Waals surface area (Å²) in [5, 5.41) is 0. The van der Waals surface area contributed by atoms with E-state index in [1.54, 1.807) is 0 Å². The minimum Gasteiger partial charge on any atom is -0.344 e. The second kappa shape index (κ2) is 3.29. The number of hydrogen-bond donors (Lipinski definition) is 0. The van der Waals surface area contributed by atoms with E-state index in [2.05, 4.69) is 4.98 Å². The average molecular weight is 238 g/mol. The van der Waals surface area contributed by atoms with Crippen molar-refractivity contribution >= 4 is 5.82 Å². The van der Waals surface area contributed by atoms with Crippen molar-refractivity contribution in [1.82, 2.24) is 4.98 Å². The fourth-order valence-corrected chi connectivity index (χ4v) is 1.41. The van der Waals surface area contributed by atoms with Gasteiger partial charge in [-0.1, -0.05) is 0 Å². The standard InChI is InChI=1S/C9H7F5N2/c10-8(11)4-16(5-8)7-2-1-6(3-15-7)9(12,13)14/h1-3H,4-5H2. The highest BCUT2D eigenvalue weighted by atomic mass is 19.4. The van der Waals surface area contributed by atoms with E-state index >= 15 is 0 Å². The van der Waals surface area contributed by atoms with Crippen LogP contribution in [0.4, 0.5) is 27.8 Å². The molecular formula is C9H7F5N2. The molecule has 1 aliphatic heterocycles. The van der Waals surface area contributed by atoms with Gasteiger partial charge < -0.3 is 4.90 Å². The predicted octanol–water partition coefficient (Wildman–Crippen LogP) is 2.56. The van der Waals surface area contributed by atoms with Crippen LogP contribution in [0.2, 0.25) is 0 Å². The molecule has 1 fully saturated rings. The van der Waals surface area contributed by atoms with Crippen molar-refractivity contribution < 1.29 is 22.0 Å². The lowest BCUT2D eigenvalue weighted by Crippen LogP contribution is -2.56. The third-order valence-electron chi connectivity index (χ3n) is 2.24. The Morgan fingerprint density at radius 3 is 2.19 bits per heavy atom. The van der Waals surface area contributed by atoms with E-state index in [0.717, 1.165) is 12.1 Å². The molecule has 0 bridgehead atoms. The van der Waals surface area contributed by atoms with Crippen LogP contribution >= 0.6 is 0 Å². The SMILES string of the molecule is FC1(F)CN(c2ccc(C(F)(F)F)cn2)C1. The van der Waals surface area contributed by atoms with Crippen LogP contribution in [0.3, 0.4) is 0 Å². The van der Waals surface area contributed by atoms with Crippen molar-refractivity contribution in [3.05, 3.63) is 23.9 Å². The largest absolute Gasteiger partial charge is 0.417 e. The van der Waals surface area contributed by atoms with Crippen LogP contribution in [0.15, 0.2) is 18.3 Å². The van der Waals surface area contributed by atoms with E-state index in [4.69, 9.17) is 0 Å². The molecule has 2 rings (SSSR count). The summed E-state index contributed by atoms with van der Waals surface area (Å²) in [7, 11) is 0. The normalized spacial score (nSPS) is 19.4. The quantitative estimate of drug-likeness (QED) is 0.699. The second-order valence-corrected chi connectivity index (χ2v) is 3.61. The second-order valence-electron chi connectivity index (χ2n) is 3.61. The van der Waals surface area contributed by atoms with Gasteiger partial charge in [0.1, 0.15) is 5.82 Å². The van der Waals surface area contributed by atoms with Gasteiger partial charge in [-0.3, -0.25) is 0 Å². The van der Waals surface area contributed by atoms with Gasteiger partial charge in [0.2, 0.25) is 0 Å². The number of nitrogens with zero attached hydrogens (tertiary/aromatic N) is 2. The van der Waals surface area contributed by atoms with Crippen LogP contribution in [-0.2, 0) is 6.18 Å². The molecule has 0 spiro atoms. The highest BCUT2D eigenvalue weighted by Crippen LogP contribution is 2.33. The van der Waals surface area contributed by atoms with Crippen molar-refractivity contribution in [3.63, 3.8) is 0 Å². The van der Waals surface area contributed by atoms with E-state index in [1.807, 2.05) is 0 Å². The summed E-state index contributed by atoms with van der Waals surface area (Å²) in [6.45, 7) is -0.989. The van der Waals surface area contributed by atoms with Crippen molar-refractivity contribution in [2.75, 3.05) is 18.0 Å². The first kappa shape index (κ1) is 11.1. The molecule has 0 saturated carbocycles. The van der Waals surface area contributed by atoms with E-state index in [-0.39, 0.29) is 5.82 Å². The molecule has 2 nitrogen and oxygen atoms in total. The van der Waals surface area contributed by atoms with Crippen molar-refractivity contribution in [2.45, 2.75) is 12.1 Å². The number of anilines is 1. The molecule has 0 aliphatic carbocycles. The minimum atomic E-state index is -4.45. The lowest BCUT2D eigenvalue weighted by Gasteiger charge is -2.39. The molecule has 0 aromatic carbocycles. The van der Waals surface area contributed by atoms with E-state index in [1.165, 1.54) is 4.90 Å². The van der Waals surface area contributed by atoms with Crippen LogP contribution in [0, 0.1) is 0 Å². The molecule has 1 aliphatic rings. The minimum absolute atomic E-state index is 0.138. The van der Waals surface area contributed by atoms with Crippen molar-refractivity contribution in [1.29, 1.82) is 0 Å². The highest BCUT2D eigenvalue weighted by Gasteiger charge is 2.44. The number of rotatable bonds is 1. The van der Waals surface area contributed by atoms with Gasteiger partial charge in [0.25, 0.3) is 5.92 Å². The topological polar surface area (TPSA) is 16.1 Å². The molecule has 1 aromatic rings. The zero-order valence-corrected chi connectivity index (χ0v) is 7.93. The fourth-order valence-electron chi connectivity index (χ4n) is 1.41. The maximum Gasteiger partial charge on any atom is 0.417 e. The Labute approximate surface area is 87.7 Å². The third-order valence-corrected chi connectivity index (χ3v) is 2.24. The summed E-state index contributed by atoms with van der Waals surface area (Å²) in [4.78, 5) is 4.73. The Balaban J connectivity index is 2.10. The van der Waals surface area contributed by atoms with Crippen molar-refractivity contribution in [3.8, 4) is 0 Å². The molecular weight excluding hydrogens is 231 g/mol. The van der Waals surface area contributed by atoms with Gasteiger partial charge in [-0.05, 0) is 12.1 Å². The zero-order valence-electron chi connectivity index (χ0n) is 7.93. The molecule has 88 valence electrons. The number of halogens is 5. The van der Waals surface area contributed by atoms with E-state index in [0.29, 0.717) is 6.20 Å². The summed E-state index contributed by atoms with van der Waals surface area (Å²) in [5.74, 6) is -2.62. The molecule has 1 aromatic heterocycles. The highest BCUT2D eigenvalue weighted by molar-refractivity contribution is 5.43.